The van der Waals surface area contributed by atoms with Gasteiger partial charge in [-0.2, -0.15) is 0 Å². The minimum atomic E-state index is 0.279. The number of hydrogen-bond donors (Lipinski definition) is 2. The van der Waals surface area contributed by atoms with Gasteiger partial charge < -0.3 is 15.8 Å². The largest absolute Gasteiger partial charge is 0.494 e. The van der Waals surface area contributed by atoms with Crippen LogP contribution >= 0.6 is 0 Å². The van der Waals surface area contributed by atoms with Gasteiger partial charge in [0.1, 0.15) is 5.75 Å². The van der Waals surface area contributed by atoms with Crippen LogP contribution in [-0.2, 0) is 0 Å². The van der Waals surface area contributed by atoms with E-state index in [1.54, 1.807) is 6.20 Å². The zero-order valence-electron chi connectivity index (χ0n) is 15.2. The van der Waals surface area contributed by atoms with E-state index in [1.165, 1.54) is 0 Å². The van der Waals surface area contributed by atoms with Gasteiger partial charge in [-0.15, -0.1) is 0 Å². The van der Waals surface area contributed by atoms with Crippen LogP contribution in [0, 0.1) is 5.41 Å². The number of nitrogens with zero attached hydrogens (tertiary/aromatic N) is 1. The van der Waals surface area contributed by atoms with Crippen LogP contribution in [0.5, 0.6) is 5.75 Å². The molecule has 0 aromatic heterocycles. The molecule has 0 saturated carbocycles. The van der Waals surface area contributed by atoms with E-state index in [0.29, 0.717) is 6.04 Å². The molecule has 0 aliphatic carbocycles. The summed E-state index contributed by atoms with van der Waals surface area (Å²) < 4.78 is 5.89. The van der Waals surface area contributed by atoms with Crippen molar-refractivity contribution >= 4 is 11.8 Å². The number of ether oxygens (including phenoxy) is 1. The van der Waals surface area contributed by atoms with E-state index >= 15 is 0 Å². The van der Waals surface area contributed by atoms with Crippen LogP contribution in [-0.4, -0.2) is 32.0 Å². The van der Waals surface area contributed by atoms with E-state index in [1.807, 2.05) is 30.5 Å². The molecule has 2 rings (SSSR count). The van der Waals surface area contributed by atoms with Crippen LogP contribution in [0.4, 0.5) is 0 Å². The van der Waals surface area contributed by atoms with Crippen molar-refractivity contribution in [3.05, 3.63) is 36.0 Å². The zero-order chi connectivity index (χ0) is 17.4. The predicted molar refractivity (Wildman–Crippen MR) is 103 cm³/mol. The Labute approximate surface area is 146 Å². The number of allylic oxidation sites excluding steroid dienone is 1. The molecule has 1 heterocycles. The number of benzene rings is 1. The quantitative estimate of drug-likeness (QED) is 0.784. The monoisotopic (exact) mass is 329 g/mol. The summed E-state index contributed by atoms with van der Waals surface area (Å²) in [7, 11) is 0. The van der Waals surface area contributed by atoms with Crippen LogP contribution in [0.2, 0.25) is 0 Å². The van der Waals surface area contributed by atoms with Gasteiger partial charge in [0, 0.05) is 18.0 Å². The number of piperidine rings is 1. The highest BCUT2D eigenvalue weighted by Gasteiger charge is 2.12. The third-order valence-electron chi connectivity index (χ3n) is 4.20. The lowest BCUT2D eigenvalue weighted by Crippen LogP contribution is -2.29. The van der Waals surface area contributed by atoms with Gasteiger partial charge in [0.25, 0.3) is 0 Å². The molecule has 3 N–H and O–H groups in total. The van der Waals surface area contributed by atoms with Gasteiger partial charge in [-0.1, -0.05) is 32.9 Å². The molecule has 132 valence electrons. The molecule has 0 unspecified atom stereocenters. The summed E-state index contributed by atoms with van der Waals surface area (Å²) in [6, 6.07) is 8.47. The van der Waals surface area contributed by atoms with Crippen LogP contribution in [0.25, 0.3) is 5.57 Å². The topological polar surface area (TPSA) is 59.6 Å². The first-order valence-corrected chi connectivity index (χ1v) is 8.87. The number of hydrogen-bond acceptors (Lipinski definition) is 4. The Morgan fingerprint density at radius 3 is 2.75 bits per heavy atom. The van der Waals surface area contributed by atoms with Gasteiger partial charge in [-0.3, -0.25) is 4.99 Å². The maximum absolute atomic E-state index is 5.89. The number of nitrogens with two attached hydrogens (primary N) is 1. The molecule has 0 radical (unpaired) electrons. The van der Waals surface area contributed by atoms with Crippen molar-refractivity contribution in [3.63, 3.8) is 0 Å². The van der Waals surface area contributed by atoms with Gasteiger partial charge in [0.05, 0.1) is 12.6 Å². The van der Waals surface area contributed by atoms with Crippen molar-refractivity contribution in [1.29, 1.82) is 0 Å². The maximum Gasteiger partial charge on any atom is 0.119 e. The second-order valence-corrected chi connectivity index (χ2v) is 7.57. The highest BCUT2D eigenvalue weighted by molar-refractivity contribution is 6.09. The highest BCUT2D eigenvalue weighted by Crippen LogP contribution is 2.22. The minimum Gasteiger partial charge on any atom is -0.494 e. The fraction of sp³-hybridized carbons (Fsp3) is 0.550. The Kier molecular flexibility index (Phi) is 6.85. The molecule has 1 aromatic rings. The Morgan fingerprint density at radius 2 is 2.08 bits per heavy atom. The summed E-state index contributed by atoms with van der Waals surface area (Å²) in [4.78, 5) is 4.70. The van der Waals surface area contributed by atoms with Crippen molar-refractivity contribution in [2.45, 2.75) is 46.1 Å². The van der Waals surface area contributed by atoms with Crippen LogP contribution in [0.3, 0.4) is 0 Å². The van der Waals surface area contributed by atoms with Gasteiger partial charge in [0.2, 0.25) is 0 Å². The predicted octanol–water partition coefficient (Wildman–Crippen LogP) is 3.62. The summed E-state index contributed by atoms with van der Waals surface area (Å²) >= 11 is 0. The number of rotatable bonds is 6. The van der Waals surface area contributed by atoms with Crippen molar-refractivity contribution in [2.24, 2.45) is 16.1 Å². The molecule has 0 spiro atoms. The average molecular weight is 329 g/mol. The second-order valence-electron chi connectivity index (χ2n) is 7.57. The van der Waals surface area contributed by atoms with E-state index < -0.39 is 0 Å². The molecule has 24 heavy (non-hydrogen) atoms. The Morgan fingerprint density at radius 1 is 1.33 bits per heavy atom. The lowest BCUT2D eigenvalue weighted by atomic mass is 9.93. The fourth-order valence-electron chi connectivity index (χ4n) is 2.60. The van der Waals surface area contributed by atoms with E-state index in [9.17, 15) is 0 Å². The summed E-state index contributed by atoms with van der Waals surface area (Å²) in [5.41, 5.74) is 8.08. The Hall–Kier alpha value is -1.81. The molecule has 0 atom stereocenters. The molecular formula is C20H31N3O. The zero-order valence-corrected chi connectivity index (χ0v) is 15.2. The third-order valence-corrected chi connectivity index (χ3v) is 4.20. The molecule has 1 aromatic carbocycles. The molecule has 1 aliphatic rings. The van der Waals surface area contributed by atoms with Crippen molar-refractivity contribution < 1.29 is 4.74 Å². The van der Waals surface area contributed by atoms with Gasteiger partial charge in [0.15, 0.2) is 0 Å². The number of aliphatic imine (C=N–C) groups is 1. The Balaban J connectivity index is 1.98. The first kappa shape index (κ1) is 18.5. The van der Waals surface area contributed by atoms with Crippen LogP contribution in [0.15, 0.2) is 35.5 Å². The van der Waals surface area contributed by atoms with Crippen molar-refractivity contribution in [3.8, 4) is 5.75 Å². The van der Waals surface area contributed by atoms with Crippen LogP contribution in [0.1, 0.15) is 45.6 Å². The lowest BCUT2D eigenvalue weighted by Gasteiger charge is -2.19. The molecular weight excluding hydrogens is 298 g/mol. The normalized spacial score (nSPS) is 17.4. The first-order valence-electron chi connectivity index (χ1n) is 8.87. The summed E-state index contributed by atoms with van der Waals surface area (Å²) in [6.45, 7) is 9.47. The number of nitrogens with one attached hydrogen (secondary N) is 1. The Bertz CT molecular complexity index is 566. The van der Waals surface area contributed by atoms with E-state index in [0.717, 1.165) is 55.8 Å². The van der Waals surface area contributed by atoms with Gasteiger partial charge in [-0.25, -0.2) is 0 Å². The highest BCUT2D eigenvalue weighted by atomic mass is 16.5. The summed E-state index contributed by atoms with van der Waals surface area (Å²) in [5, 5.41) is 3.36. The fourth-order valence-corrected chi connectivity index (χ4v) is 2.60. The average Bonchev–Trinajstić information content (AvgIpc) is 2.56. The third kappa shape index (κ3) is 6.36. The molecule has 1 fully saturated rings. The molecule has 1 aliphatic heterocycles. The summed E-state index contributed by atoms with van der Waals surface area (Å²) in [5.74, 6) is 0.881. The van der Waals surface area contributed by atoms with Gasteiger partial charge >= 0.3 is 0 Å². The van der Waals surface area contributed by atoms with Gasteiger partial charge in [-0.05, 0) is 55.5 Å². The van der Waals surface area contributed by atoms with E-state index in [4.69, 9.17) is 15.5 Å². The molecule has 1 saturated heterocycles. The SMILES string of the molecule is CC(C)(C)CCOc1cccc(/C(C=NC2CCNCC2)=C/N)c1. The summed E-state index contributed by atoms with van der Waals surface area (Å²) in [6.07, 6.45) is 6.73. The van der Waals surface area contributed by atoms with E-state index in [2.05, 4.69) is 26.1 Å². The molecule has 4 nitrogen and oxygen atoms in total. The van der Waals surface area contributed by atoms with Crippen molar-refractivity contribution in [2.75, 3.05) is 19.7 Å². The second kappa shape index (κ2) is 8.88. The smallest absolute Gasteiger partial charge is 0.119 e. The minimum absolute atomic E-state index is 0.279. The lowest BCUT2D eigenvalue weighted by molar-refractivity contribution is 0.243. The first-order chi connectivity index (χ1) is 11.5. The maximum atomic E-state index is 5.89. The van der Waals surface area contributed by atoms with Crippen LogP contribution < -0.4 is 15.8 Å². The molecule has 4 heteroatoms. The molecule has 0 bridgehead atoms. The van der Waals surface area contributed by atoms with Crippen molar-refractivity contribution in [1.82, 2.24) is 5.32 Å². The van der Waals surface area contributed by atoms with E-state index in [-0.39, 0.29) is 5.41 Å². The standard InChI is InChI=1S/C20H31N3O/c1-20(2,3)9-12-24-19-6-4-5-16(13-19)17(14-21)15-23-18-7-10-22-11-8-18/h4-6,13-15,18,22H,7-12,21H2,1-3H3/b17-14+,23-15?. The molecule has 0 amide bonds.